The van der Waals surface area contributed by atoms with Crippen molar-refractivity contribution >= 4 is 28.6 Å². The summed E-state index contributed by atoms with van der Waals surface area (Å²) in [6, 6.07) is 14.8. The first-order valence-corrected chi connectivity index (χ1v) is 6.90. The van der Waals surface area contributed by atoms with Crippen LogP contribution in [0.3, 0.4) is 0 Å². The molecule has 2 aromatic carbocycles. The Morgan fingerprint density at radius 2 is 1.89 bits per heavy atom. The molecule has 0 amide bonds. The summed E-state index contributed by atoms with van der Waals surface area (Å²) in [7, 11) is 0. The van der Waals surface area contributed by atoms with Gasteiger partial charge in [-0.1, -0.05) is 30.3 Å². The van der Waals surface area contributed by atoms with Gasteiger partial charge in [-0.3, -0.25) is 0 Å². The first-order chi connectivity index (χ1) is 9.08. The second kappa shape index (κ2) is 6.06. The second-order valence-corrected chi connectivity index (χ2v) is 5.28. The van der Waals surface area contributed by atoms with Gasteiger partial charge in [0, 0.05) is 0 Å². The third kappa shape index (κ3) is 3.47. The van der Waals surface area contributed by atoms with Crippen molar-refractivity contribution < 1.29 is 14.6 Å². The number of rotatable bonds is 4. The highest BCUT2D eigenvalue weighted by Crippen LogP contribution is 2.27. The Bertz CT molecular complexity index is 581. The number of carbonyl (C=O) groups is 1. The van der Waals surface area contributed by atoms with Crippen LogP contribution in [0.1, 0.15) is 28.9 Å². The number of carboxylic acid groups (broad SMARTS) is 1. The normalized spacial score (nSPS) is 11.9. The Hall–Kier alpha value is -1.56. The van der Waals surface area contributed by atoms with E-state index in [1.807, 2.05) is 37.3 Å². The van der Waals surface area contributed by atoms with Crippen LogP contribution in [0.15, 0.2) is 48.5 Å². The molecule has 2 rings (SSSR count). The van der Waals surface area contributed by atoms with Crippen LogP contribution in [0.25, 0.3) is 0 Å². The first-order valence-electron chi connectivity index (χ1n) is 5.82. The fraction of sp³-hybridized carbons (Fsp3) is 0.133. The van der Waals surface area contributed by atoms with Gasteiger partial charge >= 0.3 is 5.97 Å². The number of aromatic carboxylic acids is 1. The van der Waals surface area contributed by atoms with Crippen molar-refractivity contribution in [2.75, 3.05) is 0 Å². The molecule has 0 aliphatic rings. The monoisotopic (exact) mass is 368 g/mol. The molecule has 2 aromatic rings. The van der Waals surface area contributed by atoms with Gasteiger partial charge in [0.25, 0.3) is 0 Å². The van der Waals surface area contributed by atoms with E-state index in [1.165, 1.54) is 0 Å². The van der Waals surface area contributed by atoms with E-state index < -0.39 is 5.97 Å². The van der Waals surface area contributed by atoms with Gasteiger partial charge in [0.1, 0.15) is 11.9 Å². The highest BCUT2D eigenvalue weighted by atomic mass is 127. The molecule has 4 heteroatoms. The molecule has 1 N–H and O–H groups in total. The van der Waals surface area contributed by atoms with E-state index in [0.29, 0.717) is 5.75 Å². The molecule has 0 aromatic heterocycles. The highest BCUT2D eigenvalue weighted by Gasteiger charge is 2.11. The number of carboxylic acids is 1. The predicted octanol–water partition coefficient (Wildman–Crippen LogP) is 4.13. The quantitative estimate of drug-likeness (QED) is 0.826. The molecule has 1 unspecified atom stereocenters. The summed E-state index contributed by atoms with van der Waals surface area (Å²) in [5, 5.41) is 8.92. The topological polar surface area (TPSA) is 46.5 Å². The first kappa shape index (κ1) is 13.9. The molecule has 1 atom stereocenters. The van der Waals surface area contributed by atoms with Crippen LogP contribution in [0.5, 0.6) is 5.75 Å². The van der Waals surface area contributed by atoms with Gasteiger partial charge in [0.15, 0.2) is 0 Å². The molecule has 19 heavy (non-hydrogen) atoms. The van der Waals surface area contributed by atoms with Crippen molar-refractivity contribution in [3.63, 3.8) is 0 Å². The van der Waals surface area contributed by atoms with Crippen LogP contribution in [-0.2, 0) is 0 Å². The smallest absolute Gasteiger partial charge is 0.335 e. The van der Waals surface area contributed by atoms with Crippen molar-refractivity contribution in [2.45, 2.75) is 13.0 Å². The van der Waals surface area contributed by atoms with Crippen molar-refractivity contribution in [2.24, 2.45) is 0 Å². The lowest BCUT2D eigenvalue weighted by Crippen LogP contribution is -2.05. The zero-order valence-corrected chi connectivity index (χ0v) is 12.5. The van der Waals surface area contributed by atoms with E-state index in [9.17, 15) is 4.79 Å². The standard InChI is InChI=1S/C15H13IO3/c1-10(11-5-3-2-4-6-11)19-14-8-7-12(15(17)18)9-13(14)16/h2-10H,1H3,(H,17,18). The zero-order chi connectivity index (χ0) is 13.8. The summed E-state index contributed by atoms with van der Waals surface area (Å²) in [6.07, 6.45) is -0.0783. The van der Waals surface area contributed by atoms with Crippen LogP contribution in [0.2, 0.25) is 0 Å². The van der Waals surface area contributed by atoms with Crippen molar-refractivity contribution in [3.8, 4) is 5.75 Å². The molecule has 0 bridgehead atoms. The predicted molar refractivity (Wildman–Crippen MR) is 81.6 cm³/mol. The molecule has 3 nitrogen and oxygen atoms in total. The van der Waals surface area contributed by atoms with Crippen LogP contribution >= 0.6 is 22.6 Å². The average Bonchev–Trinajstić information content (AvgIpc) is 2.41. The Labute approximate surface area is 125 Å². The Morgan fingerprint density at radius 3 is 2.47 bits per heavy atom. The molecule has 0 radical (unpaired) electrons. The maximum atomic E-state index is 10.9. The lowest BCUT2D eigenvalue weighted by Gasteiger charge is -2.16. The van der Waals surface area contributed by atoms with Gasteiger partial charge < -0.3 is 9.84 Å². The van der Waals surface area contributed by atoms with Gasteiger partial charge in [-0.05, 0) is 53.3 Å². The molecule has 0 aliphatic carbocycles. The van der Waals surface area contributed by atoms with E-state index in [-0.39, 0.29) is 11.7 Å². The summed E-state index contributed by atoms with van der Waals surface area (Å²) in [5.74, 6) is -0.234. The molecule has 0 saturated heterocycles. The minimum absolute atomic E-state index is 0.0783. The highest BCUT2D eigenvalue weighted by molar-refractivity contribution is 14.1. The number of hydrogen-bond donors (Lipinski definition) is 1. The molecular formula is C15H13IO3. The lowest BCUT2D eigenvalue weighted by atomic mass is 10.1. The van der Waals surface area contributed by atoms with Crippen LogP contribution in [-0.4, -0.2) is 11.1 Å². The van der Waals surface area contributed by atoms with E-state index in [4.69, 9.17) is 9.84 Å². The summed E-state index contributed by atoms with van der Waals surface area (Å²) < 4.78 is 6.66. The maximum Gasteiger partial charge on any atom is 0.335 e. The Morgan fingerprint density at radius 1 is 1.21 bits per heavy atom. The average molecular weight is 368 g/mol. The SMILES string of the molecule is CC(Oc1ccc(C(=O)O)cc1I)c1ccccc1. The Kier molecular flexibility index (Phi) is 4.42. The van der Waals surface area contributed by atoms with E-state index in [1.54, 1.807) is 18.2 Å². The molecular weight excluding hydrogens is 355 g/mol. The molecule has 0 fully saturated rings. The summed E-state index contributed by atoms with van der Waals surface area (Å²) in [5.41, 5.74) is 1.35. The van der Waals surface area contributed by atoms with Crippen molar-refractivity contribution in [1.29, 1.82) is 0 Å². The van der Waals surface area contributed by atoms with Crippen molar-refractivity contribution in [1.82, 2.24) is 0 Å². The number of halogens is 1. The van der Waals surface area contributed by atoms with Crippen LogP contribution in [0, 0.1) is 3.57 Å². The van der Waals surface area contributed by atoms with E-state index >= 15 is 0 Å². The summed E-state index contributed by atoms with van der Waals surface area (Å²) in [6.45, 7) is 1.97. The Balaban J connectivity index is 2.18. The zero-order valence-electron chi connectivity index (χ0n) is 10.3. The summed E-state index contributed by atoms with van der Waals surface area (Å²) in [4.78, 5) is 10.9. The largest absolute Gasteiger partial charge is 0.485 e. The van der Waals surface area contributed by atoms with Crippen molar-refractivity contribution in [3.05, 3.63) is 63.2 Å². The number of hydrogen-bond acceptors (Lipinski definition) is 2. The molecule has 98 valence electrons. The van der Waals surface area contributed by atoms with E-state index in [0.717, 1.165) is 9.13 Å². The molecule has 0 heterocycles. The minimum atomic E-state index is -0.930. The van der Waals surface area contributed by atoms with Gasteiger partial charge in [-0.25, -0.2) is 4.79 Å². The van der Waals surface area contributed by atoms with Gasteiger partial charge in [0.2, 0.25) is 0 Å². The van der Waals surface area contributed by atoms with E-state index in [2.05, 4.69) is 22.6 Å². The fourth-order valence-electron chi connectivity index (χ4n) is 1.71. The van der Waals surface area contributed by atoms with Gasteiger partial charge in [-0.2, -0.15) is 0 Å². The minimum Gasteiger partial charge on any atom is -0.485 e. The number of benzene rings is 2. The van der Waals surface area contributed by atoms with Gasteiger partial charge in [0.05, 0.1) is 9.13 Å². The maximum absolute atomic E-state index is 10.9. The third-order valence-electron chi connectivity index (χ3n) is 2.75. The molecule has 0 aliphatic heterocycles. The van der Waals surface area contributed by atoms with Crippen LogP contribution < -0.4 is 4.74 Å². The van der Waals surface area contributed by atoms with Gasteiger partial charge in [-0.15, -0.1) is 0 Å². The third-order valence-corrected chi connectivity index (χ3v) is 3.59. The lowest BCUT2D eigenvalue weighted by molar-refractivity contribution is 0.0696. The fourth-order valence-corrected chi connectivity index (χ4v) is 2.35. The molecule has 0 spiro atoms. The summed E-state index contributed by atoms with van der Waals surface area (Å²) >= 11 is 2.08. The molecule has 0 saturated carbocycles. The second-order valence-electron chi connectivity index (χ2n) is 4.12. The number of ether oxygens (including phenoxy) is 1. The van der Waals surface area contributed by atoms with Crippen LogP contribution in [0.4, 0.5) is 0 Å².